The minimum Gasteiger partial charge on any atom is -0.478 e. The number of hydrogen-bond acceptors (Lipinski definition) is 2. The van der Waals surface area contributed by atoms with E-state index in [1.807, 2.05) is 38.1 Å². The number of aromatic carboxylic acids is 1. The zero-order valence-electron chi connectivity index (χ0n) is 28.6. The van der Waals surface area contributed by atoms with Gasteiger partial charge in [0.05, 0.1) is 11.6 Å². The van der Waals surface area contributed by atoms with Crippen molar-refractivity contribution in [2.24, 2.45) is 11.8 Å². The lowest BCUT2D eigenvalue weighted by Gasteiger charge is -2.25. The maximum absolute atomic E-state index is 14.2. The predicted molar refractivity (Wildman–Crippen MR) is 195 cm³/mol. The van der Waals surface area contributed by atoms with Gasteiger partial charge in [0, 0.05) is 27.7 Å². The molecule has 0 radical (unpaired) electrons. The smallest absolute Gasteiger partial charge is 0.335 e. The SMILES string of the molecule is CC1CC[C@@H](c2ccccc2F)C1.CCc1cc(C(=O)N2CC(C)C[C@@H]2c2ccccc2F)ccc1Cl.CCc1cc(C(=O)O)ccc1Cl. The Balaban J connectivity index is 0.000000182. The number of hydrogen-bond donors (Lipinski definition) is 1. The highest BCUT2D eigenvalue weighted by Gasteiger charge is 2.36. The standard InChI is InChI=1S/C20H21ClFNO.C12H15F.C9H9ClO2/c1-3-14-11-15(8-9-17(14)21)20(24)23-12-13(2)10-19(23)16-6-4-5-7-18(16)22;1-9-6-7-10(8-9)11-4-2-3-5-12(11)13;1-2-6-5-7(9(11)12)3-4-8(6)10/h4-9,11,13,19H,3,10,12H2,1-2H3;2-5,9-10H,6-8H2,1H3;3-5H,2H2,1H3,(H,11,12)/t13?,19-;9?,10-;/m11./s1. The molecular weight excluding hydrogens is 663 g/mol. The van der Waals surface area contributed by atoms with Crippen LogP contribution in [0.2, 0.25) is 10.0 Å². The fourth-order valence-electron chi connectivity index (χ4n) is 6.73. The van der Waals surface area contributed by atoms with E-state index >= 15 is 0 Å². The second-order valence-electron chi connectivity index (χ2n) is 13.1. The molecule has 4 aromatic rings. The molecule has 1 saturated heterocycles. The van der Waals surface area contributed by atoms with Crippen molar-refractivity contribution >= 4 is 35.1 Å². The van der Waals surface area contributed by atoms with Gasteiger partial charge >= 0.3 is 5.97 Å². The van der Waals surface area contributed by atoms with E-state index in [0.717, 1.165) is 54.7 Å². The van der Waals surface area contributed by atoms with Crippen LogP contribution in [0.3, 0.4) is 0 Å². The number of carbonyl (C=O) groups is 2. The highest BCUT2D eigenvalue weighted by Crippen LogP contribution is 2.39. The lowest BCUT2D eigenvalue weighted by Crippen LogP contribution is -2.31. The first-order valence-electron chi connectivity index (χ1n) is 17.0. The molecule has 4 atom stereocenters. The lowest BCUT2D eigenvalue weighted by molar-refractivity contribution is 0.0694. The van der Waals surface area contributed by atoms with Crippen LogP contribution in [0.4, 0.5) is 8.78 Å². The predicted octanol–water partition coefficient (Wildman–Crippen LogP) is 11.6. The molecule has 4 nitrogen and oxygen atoms in total. The molecule has 1 aliphatic heterocycles. The summed E-state index contributed by atoms with van der Waals surface area (Å²) in [6.45, 7) is 8.94. The van der Waals surface area contributed by atoms with E-state index in [1.165, 1.54) is 18.6 Å². The number of rotatable bonds is 6. The number of aryl methyl sites for hydroxylation is 2. The normalized spacial score (nSPS) is 19.8. The molecule has 1 heterocycles. The van der Waals surface area contributed by atoms with Crippen molar-refractivity contribution in [3.05, 3.63) is 140 Å². The highest BCUT2D eigenvalue weighted by atomic mass is 35.5. The maximum atomic E-state index is 14.2. The summed E-state index contributed by atoms with van der Waals surface area (Å²) in [5.74, 6) is 0.332. The van der Waals surface area contributed by atoms with Crippen LogP contribution in [0.1, 0.15) is 108 Å². The molecule has 260 valence electrons. The summed E-state index contributed by atoms with van der Waals surface area (Å²) in [6.07, 6.45) is 5.86. The average Bonchev–Trinajstić information content (AvgIpc) is 3.70. The minimum absolute atomic E-state index is 0.0263. The Morgan fingerprint density at radius 3 is 1.78 bits per heavy atom. The van der Waals surface area contributed by atoms with Crippen molar-refractivity contribution in [3.8, 4) is 0 Å². The summed E-state index contributed by atoms with van der Waals surface area (Å²) < 4.78 is 27.6. The molecule has 8 heteroatoms. The highest BCUT2D eigenvalue weighted by molar-refractivity contribution is 6.31. The topological polar surface area (TPSA) is 57.6 Å². The van der Waals surface area contributed by atoms with Crippen LogP contribution in [-0.2, 0) is 12.8 Å². The molecule has 0 bridgehead atoms. The van der Waals surface area contributed by atoms with Crippen molar-refractivity contribution < 1.29 is 23.5 Å². The number of benzene rings is 4. The number of amides is 1. The summed E-state index contributed by atoms with van der Waals surface area (Å²) in [5, 5.41) is 9.96. The van der Waals surface area contributed by atoms with Crippen LogP contribution in [0.15, 0.2) is 84.9 Å². The molecule has 1 amide bonds. The van der Waals surface area contributed by atoms with Gasteiger partial charge in [0.25, 0.3) is 5.91 Å². The third kappa shape index (κ3) is 9.92. The van der Waals surface area contributed by atoms with Crippen molar-refractivity contribution in [1.82, 2.24) is 4.90 Å². The third-order valence-electron chi connectivity index (χ3n) is 9.42. The fourth-order valence-corrected chi connectivity index (χ4v) is 7.23. The van der Waals surface area contributed by atoms with E-state index in [1.54, 1.807) is 53.4 Å². The van der Waals surface area contributed by atoms with Gasteiger partial charge in [-0.3, -0.25) is 4.79 Å². The first kappa shape index (κ1) is 38.1. The Kier molecular flexibility index (Phi) is 13.8. The van der Waals surface area contributed by atoms with Crippen LogP contribution in [0.25, 0.3) is 0 Å². The van der Waals surface area contributed by atoms with Crippen molar-refractivity contribution in [3.63, 3.8) is 0 Å². The third-order valence-corrected chi connectivity index (χ3v) is 10.2. The van der Waals surface area contributed by atoms with Crippen LogP contribution >= 0.6 is 23.2 Å². The summed E-state index contributed by atoms with van der Waals surface area (Å²) in [4.78, 5) is 25.4. The van der Waals surface area contributed by atoms with Crippen LogP contribution in [-0.4, -0.2) is 28.4 Å². The second-order valence-corrected chi connectivity index (χ2v) is 13.9. The first-order chi connectivity index (χ1) is 23.4. The number of likely N-dealkylation sites (tertiary alicyclic amines) is 1. The maximum Gasteiger partial charge on any atom is 0.335 e. The summed E-state index contributed by atoms with van der Waals surface area (Å²) in [5.41, 5.74) is 4.25. The van der Waals surface area contributed by atoms with E-state index in [9.17, 15) is 18.4 Å². The van der Waals surface area contributed by atoms with Crippen molar-refractivity contribution in [1.29, 1.82) is 0 Å². The van der Waals surface area contributed by atoms with E-state index in [0.29, 0.717) is 39.6 Å². The quantitative estimate of drug-likeness (QED) is 0.217. The Morgan fingerprint density at radius 1 is 0.735 bits per heavy atom. The van der Waals surface area contributed by atoms with Crippen molar-refractivity contribution in [2.75, 3.05) is 6.54 Å². The molecule has 1 saturated carbocycles. The molecule has 2 fully saturated rings. The van der Waals surface area contributed by atoms with Crippen LogP contribution in [0.5, 0.6) is 0 Å². The molecule has 6 rings (SSSR count). The summed E-state index contributed by atoms with van der Waals surface area (Å²) in [6, 6.07) is 23.8. The Bertz CT molecular complexity index is 1750. The minimum atomic E-state index is -0.915. The Morgan fingerprint density at radius 2 is 1.27 bits per heavy atom. The molecule has 49 heavy (non-hydrogen) atoms. The van der Waals surface area contributed by atoms with Gasteiger partial charge in [-0.15, -0.1) is 0 Å². The number of carboxylic acids is 1. The van der Waals surface area contributed by atoms with Crippen molar-refractivity contribution in [2.45, 2.75) is 78.2 Å². The van der Waals surface area contributed by atoms with E-state index in [2.05, 4.69) is 13.8 Å². The number of halogens is 4. The number of carbonyl (C=O) groups excluding carboxylic acids is 1. The monoisotopic (exact) mass is 707 g/mol. The molecular formula is C41H45Cl2F2NO3. The van der Waals surface area contributed by atoms with Gasteiger partial charge in [0.1, 0.15) is 11.6 Å². The zero-order chi connectivity index (χ0) is 35.7. The molecule has 2 unspecified atom stereocenters. The number of nitrogens with zero attached hydrogens (tertiary/aromatic N) is 1. The average molecular weight is 709 g/mol. The molecule has 1 aliphatic carbocycles. The molecule has 4 aromatic carbocycles. The van der Waals surface area contributed by atoms with Crippen LogP contribution in [0, 0.1) is 23.5 Å². The van der Waals surface area contributed by atoms with Gasteiger partial charge < -0.3 is 10.0 Å². The Labute approximate surface area is 299 Å². The fraction of sp³-hybridized carbons (Fsp3) is 0.366. The second kappa shape index (κ2) is 17.8. The van der Waals surface area contributed by atoms with Gasteiger partial charge in [0.15, 0.2) is 0 Å². The summed E-state index contributed by atoms with van der Waals surface area (Å²) in [7, 11) is 0. The largest absolute Gasteiger partial charge is 0.478 e. The lowest BCUT2D eigenvalue weighted by atomic mass is 9.96. The van der Waals surface area contributed by atoms with Crippen LogP contribution < -0.4 is 0 Å². The van der Waals surface area contributed by atoms with E-state index < -0.39 is 5.97 Å². The molecule has 1 N–H and O–H groups in total. The van der Waals surface area contributed by atoms with E-state index in [-0.39, 0.29) is 29.1 Å². The van der Waals surface area contributed by atoms with E-state index in [4.69, 9.17) is 28.3 Å². The molecule has 0 aromatic heterocycles. The summed E-state index contributed by atoms with van der Waals surface area (Å²) >= 11 is 12.0. The van der Waals surface area contributed by atoms with Gasteiger partial charge in [0.2, 0.25) is 0 Å². The van der Waals surface area contributed by atoms with Gasteiger partial charge in [-0.1, -0.05) is 93.7 Å². The molecule has 2 aliphatic rings. The zero-order valence-corrected chi connectivity index (χ0v) is 30.1. The Hall–Kier alpha value is -3.74. The van der Waals surface area contributed by atoms with Gasteiger partial charge in [-0.2, -0.15) is 0 Å². The number of carboxylic acid groups (broad SMARTS) is 1. The van der Waals surface area contributed by atoms with Gasteiger partial charge in [-0.25, -0.2) is 13.6 Å². The first-order valence-corrected chi connectivity index (χ1v) is 17.8. The van der Waals surface area contributed by atoms with Gasteiger partial charge in [-0.05, 0) is 115 Å². The molecule has 0 spiro atoms.